The zero-order chi connectivity index (χ0) is 17.3. The van der Waals surface area contributed by atoms with Crippen LogP contribution >= 0.6 is 34.5 Å². The molecule has 1 amide bonds. The van der Waals surface area contributed by atoms with Gasteiger partial charge in [-0.25, -0.2) is 8.42 Å². The van der Waals surface area contributed by atoms with Crippen molar-refractivity contribution in [2.75, 3.05) is 18.8 Å². The van der Waals surface area contributed by atoms with Crippen LogP contribution in [-0.2, 0) is 9.84 Å². The summed E-state index contributed by atoms with van der Waals surface area (Å²) in [5.74, 6) is -0.333. The number of sulfone groups is 1. The second-order valence-electron chi connectivity index (χ2n) is 5.59. The fourth-order valence-corrected chi connectivity index (χ4v) is 6.09. The van der Waals surface area contributed by atoms with Crippen molar-refractivity contribution in [3.05, 3.63) is 56.2 Å². The first-order chi connectivity index (χ1) is 11.4. The van der Waals surface area contributed by atoms with Gasteiger partial charge in [0.2, 0.25) is 0 Å². The second-order valence-corrected chi connectivity index (χ2v) is 10.2. The molecule has 1 aliphatic rings. The van der Waals surface area contributed by atoms with E-state index in [0.29, 0.717) is 27.2 Å². The minimum atomic E-state index is -3.32. The lowest BCUT2D eigenvalue weighted by Crippen LogP contribution is -2.33. The minimum Gasteiger partial charge on any atom is -0.338 e. The number of nitrogens with zero attached hydrogens (tertiary/aromatic N) is 1. The van der Waals surface area contributed by atoms with Crippen LogP contribution in [0.15, 0.2) is 36.4 Å². The molecule has 2 aromatic rings. The molecule has 0 saturated carbocycles. The van der Waals surface area contributed by atoms with Crippen LogP contribution in [-0.4, -0.2) is 38.1 Å². The average molecular weight is 404 g/mol. The van der Waals surface area contributed by atoms with Crippen LogP contribution in [0.3, 0.4) is 0 Å². The number of hydrogen-bond donors (Lipinski definition) is 0. The standard InChI is InChI=1S/C16H15Cl2NO3S2/c17-14-10-12(15(18)23-14)16(20)19-7-6-13(24(21,22)9-8-19)11-4-2-1-3-5-11/h1-5,10,13H,6-9H2. The zero-order valence-electron chi connectivity index (χ0n) is 12.6. The third-order valence-corrected chi connectivity index (χ3v) is 7.70. The van der Waals surface area contributed by atoms with Gasteiger partial charge < -0.3 is 4.90 Å². The van der Waals surface area contributed by atoms with E-state index < -0.39 is 15.1 Å². The lowest BCUT2D eigenvalue weighted by Gasteiger charge is -2.19. The van der Waals surface area contributed by atoms with Crippen molar-refractivity contribution < 1.29 is 13.2 Å². The normalized spacial score (nSPS) is 20.6. The molecule has 128 valence electrons. The van der Waals surface area contributed by atoms with E-state index in [4.69, 9.17) is 23.2 Å². The summed E-state index contributed by atoms with van der Waals surface area (Å²) in [5.41, 5.74) is 1.10. The summed E-state index contributed by atoms with van der Waals surface area (Å²) >= 11 is 13.1. The number of halogens is 2. The van der Waals surface area contributed by atoms with Crippen LogP contribution in [0.5, 0.6) is 0 Å². The molecular formula is C16H15Cl2NO3S2. The van der Waals surface area contributed by atoms with Crippen molar-refractivity contribution in [2.45, 2.75) is 11.7 Å². The highest BCUT2D eigenvalue weighted by Crippen LogP contribution is 2.34. The molecule has 0 aliphatic carbocycles. The molecule has 1 saturated heterocycles. The predicted molar refractivity (Wildman–Crippen MR) is 97.8 cm³/mol. The molecule has 24 heavy (non-hydrogen) atoms. The Balaban J connectivity index is 1.84. The average Bonchev–Trinajstić information content (AvgIpc) is 2.79. The number of benzene rings is 1. The van der Waals surface area contributed by atoms with Crippen molar-refractivity contribution in [1.82, 2.24) is 4.90 Å². The molecule has 1 atom stereocenters. The molecule has 2 heterocycles. The maximum absolute atomic E-state index is 12.6. The molecule has 1 aliphatic heterocycles. The van der Waals surface area contributed by atoms with Crippen LogP contribution in [0.25, 0.3) is 0 Å². The summed E-state index contributed by atoms with van der Waals surface area (Å²) in [6.07, 6.45) is 0.369. The Labute approximate surface area is 154 Å². The summed E-state index contributed by atoms with van der Waals surface area (Å²) in [7, 11) is -3.32. The summed E-state index contributed by atoms with van der Waals surface area (Å²) in [4.78, 5) is 14.2. The van der Waals surface area contributed by atoms with E-state index in [1.165, 1.54) is 6.07 Å². The third-order valence-electron chi connectivity index (χ3n) is 4.09. The maximum atomic E-state index is 12.6. The third kappa shape index (κ3) is 3.61. The highest BCUT2D eigenvalue weighted by Gasteiger charge is 2.33. The van der Waals surface area contributed by atoms with E-state index in [1.54, 1.807) is 4.90 Å². The van der Waals surface area contributed by atoms with Crippen LogP contribution in [0, 0.1) is 0 Å². The number of carbonyl (C=O) groups excluding carboxylic acids is 1. The number of carbonyl (C=O) groups is 1. The van der Waals surface area contributed by atoms with E-state index in [1.807, 2.05) is 30.3 Å². The van der Waals surface area contributed by atoms with Crippen molar-refractivity contribution in [3.8, 4) is 0 Å². The van der Waals surface area contributed by atoms with E-state index >= 15 is 0 Å². The van der Waals surface area contributed by atoms with Gasteiger partial charge in [0.1, 0.15) is 4.34 Å². The maximum Gasteiger partial charge on any atom is 0.256 e. The SMILES string of the molecule is O=C(c1cc(Cl)sc1Cl)N1CCC(c2ccccc2)S(=O)(=O)CC1. The van der Waals surface area contributed by atoms with Gasteiger partial charge >= 0.3 is 0 Å². The lowest BCUT2D eigenvalue weighted by molar-refractivity contribution is 0.0767. The van der Waals surface area contributed by atoms with Crippen LogP contribution in [0.4, 0.5) is 0 Å². The molecule has 0 spiro atoms. The molecule has 3 rings (SSSR count). The molecular weight excluding hydrogens is 389 g/mol. The summed E-state index contributed by atoms with van der Waals surface area (Å²) < 4.78 is 26.0. The van der Waals surface area contributed by atoms with Crippen molar-refractivity contribution in [2.24, 2.45) is 0 Å². The lowest BCUT2D eigenvalue weighted by atomic mass is 10.1. The molecule has 0 radical (unpaired) electrons. The summed E-state index contributed by atoms with van der Waals surface area (Å²) in [6, 6.07) is 10.7. The van der Waals surface area contributed by atoms with Crippen molar-refractivity contribution in [3.63, 3.8) is 0 Å². The van der Waals surface area contributed by atoms with Crippen LogP contribution in [0.1, 0.15) is 27.6 Å². The van der Waals surface area contributed by atoms with Crippen molar-refractivity contribution >= 4 is 50.3 Å². The van der Waals surface area contributed by atoms with Gasteiger partial charge in [0, 0.05) is 13.1 Å². The van der Waals surface area contributed by atoms with Gasteiger partial charge in [0.25, 0.3) is 5.91 Å². The Morgan fingerprint density at radius 1 is 1.17 bits per heavy atom. The minimum absolute atomic E-state index is 0.0617. The Morgan fingerprint density at radius 3 is 2.50 bits per heavy atom. The molecule has 0 bridgehead atoms. The fraction of sp³-hybridized carbons (Fsp3) is 0.312. The Hall–Kier alpha value is -1.08. The summed E-state index contributed by atoms with van der Waals surface area (Å²) in [5, 5.41) is -0.585. The highest BCUT2D eigenvalue weighted by atomic mass is 35.5. The van der Waals surface area contributed by atoms with E-state index in [0.717, 1.165) is 16.9 Å². The Morgan fingerprint density at radius 2 is 1.88 bits per heavy atom. The van der Waals surface area contributed by atoms with Gasteiger partial charge in [0.15, 0.2) is 9.84 Å². The quantitative estimate of drug-likeness (QED) is 0.759. The number of amides is 1. The largest absolute Gasteiger partial charge is 0.338 e. The van der Waals surface area contributed by atoms with E-state index in [2.05, 4.69) is 0 Å². The van der Waals surface area contributed by atoms with Crippen LogP contribution < -0.4 is 0 Å². The first kappa shape index (κ1) is 17.7. The zero-order valence-corrected chi connectivity index (χ0v) is 15.8. The molecule has 1 fully saturated rings. The number of thiophene rings is 1. The molecule has 1 aromatic carbocycles. The summed E-state index contributed by atoms with van der Waals surface area (Å²) in [6.45, 7) is 0.524. The second kappa shape index (κ2) is 7.04. The highest BCUT2D eigenvalue weighted by molar-refractivity contribution is 7.91. The van der Waals surface area contributed by atoms with Crippen molar-refractivity contribution in [1.29, 1.82) is 0 Å². The van der Waals surface area contributed by atoms with Gasteiger partial charge in [-0.1, -0.05) is 53.5 Å². The molecule has 1 aromatic heterocycles. The van der Waals surface area contributed by atoms with Gasteiger partial charge in [-0.15, -0.1) is 11.3 Å². The fourth-order valence-electron chi connectivity index (χ4n) is 2.85. The number of hydrogen-bond acceptors (Lipinski definition) is 4. The van der Waals surface area contributed by atoms with Gasteiger partial charge in [-0.2, -0.15) is 0 Å². The Bertz CT molecular complexity index is 849. The predicted octanol–water partition coefficient (Wildman–Crippen LogP) is 4.06. The topological polar surface area (TPSA) is 54.5 Å². The van der Waals surface area contributed by atoms with Gasteiger partial charge in [0.05, 0.1) is 20.9 Å². The molecule has 0 N–H and O–H groups in total. The molecule has 1 unspecified atom stereocenters. The smallest absolute Gasteiger partial charge is 0.256 e. The Kier molecular flexibility index (Phi) is 5.20. The van der Waals surface area contributed by atoms with Crippen LogP contribution in [0.2, 0.25) is 8.67 Å². The number of rotatable bonds is 2. The first-order valence-corrected chi connectivity index (χ1v) is 10.7. The monoisotopic (exact) mass is 403 g/mol. The van der Waals surface area contributed by atoms with E-state index in [9.17, 15) is 13.2 Å². The molecule has 8 heteroatoms. The molecule has 4 nitrogen and oxygen atoms in total. The van der Waals surface area contributed by atoms with Gasteiger partial charge in [-0.3, -0.25) is 4.79 Å². The van der Waals surface area contributed by atoms with E-state index in [-0.39, 0.29) is 18.2 Å². The van der Waals surface area contributed by atoms with Gasteiger partial charge in [-0.05, 0) is 18.1 Å². The first-order valence-electron chi connectivity index (χ1n) is 7.39.